The highest BCUT2D eigenvalue weighted by Crippen LogP contribution is 2.18. The van der Waals surface area contributed by atoms with Crippen LogP contribution in [0, 0.1) is 6.92 Å². The van der Waals surface area contributed by atoms with Crippen molar-refractivity contribution < 1.29 is 9.90 Å². The summed E-state index contributed by atoms with van der Waals surface area (Å²) < 4.78 is 0. The fraction of sp³-hybridized carbons (Fsp3) is 0.0769. The molecule has 0 atom stereocenters. The number of phenolic OH excluding ortho intramolecular Hbond substituents is 1. The van der Waals surface area contributed by atoms with E-state index in [-0.39, 0.29) is 11.7 Å². The van der Waals surface area contributed by atoms with E-state index >= 15 is 0 Å². The fourth-order valence-corrected chi connectivity index (χ4v) is 1.50. The highest BCUT2D eigenvalue weighted by molar-refractivity contribution is 6.30. The molecule has 0 aliphatic carbocycles. The van der Waals surface area contributed by atoms with Crippen molar-refractivity contribution in [2.75, 3.05) is 5.32 Å². The van der Waals surface area contributed by atoms with Crippen LogP contribution < -0.4 is 5.32 Å². The Morgan fingerprint density at radius 3 is 2.72 bits per heavy atom. The first kappa shape index (κ1) is 12.4. The van der Waals surface area contributed by atoms with Crippen LogP contribution in [0.25, 0.3) is 0 Å². The predicted octanol–water partition coefficient (Wildman–Crippen LogP) is 3.00. The lowest BCUT2D eigenvalue weighted by Gasteiger charge is -2.05. The van der Waals surface area contributed by atoms with Crippen LogP contribution in [-0.4, -0.2) is 16.0 Å². The van der Waals surface area contributed by atoms with E-state index in [0.29, 0.717) is 16.4 Å². The van der Waals surface area contributed by atoms with Crippen molar-refractivity contribution in [3.05, 3.63) is 52.7 Å². The summed E-state index contributed by atoms with van der Waals surface area (Å²) in [5.74, 6) is 0.163. The summed E-state index contributed by atoms with van der Waals surface area (Å²) in [6, 6.07) is 7.98. The SMILES string of the molecule is Cc1ccc(C(=O)Nc2ccc(Cl)cn2)cc1O. The minimum atomic E-state index is -0.333. The van der Waals surface area contributed by atoms with Gasteiger partial charge in [-0.3, -0.25) is 4.79 Å². The van der Waals surface area contributed by atoms with Crippen LogP contribution in [-0.2, 0) is 0 Å². The second kappa shape index (κ2) is 5.06. The van der Waals surface area contributed by atoms with Crippen molar-refractivity contribution in [2.45, 2.75) is 6.92 Å². The summed E-state index contributed by atoms with van der Waals surface area (Å²) >= 11 is 5.70. The number of hydrogen-bond donors (Lipinski definition) is 2. The zero-order valence-corrected chi connectivity index (χ0v) is 10.4. The van der Waals surface area contributed by atoms with Gasteiger partial charge in [0, 0.05) is 11.8 Å². The van der Waals surface area contributed by atoms with Crippen LogP contribution in [0.15, 0.2) is 36.5 Å². The molecule has 5 heteroatoms. The molecule has 18 heavy (non-hydrogen) atoms. The monoisotopic (exact) mass is 262 g/mol. The molecule has 0 spiro atoms. The Balaban J connectivity index is 2.16. The molecule has 92 valence electrons. The highest BCUT2D eigenvalue weighted by atomic mass is 35.5. The minimum Gasteiger partial charge on any atom is -0.508 e. The molecule has 1 aromatic carbocycles. The number of carbonyl (C=O) groups is 1. The van der Waals surface area contributed by atoms with Gasteiger partial charge in [-0.25, -0.2) is 4.98 Å². The average molecular weight is 263 g/mol. The van der Waals surface area contributed by atoms with E-state index in [2.05, 4.69) is 10.3 Å². The summed E-state index contributed by atoms with van der Waals surface area (Å²) in [5, 5.41) is 12.7. The molecule has 0 unspecified atom stereocenters. The van der Waals surface area contributed by atoms with Gasteiger partial charge in [0.1, 0.15) is 11.6 Å². The van der Waals surface area contributed by atoms with Gasteiger partial charge in [-0.1, -0.05) is 17.7 Å². The molecule has 0 aliphatic heterocycles. The number of carbonyl (C=O) groups excluding carboxylic acids is 1. The summed E-state index contributed by atoms with van der Waals surface area (Å²) in [6.07, 6.45) is 1.45. The lowest BCUT2D eigenvalue weighted by molar-refractivity contribution is 0.102. The van der Waals surface area contributed by atoms with E-state index in [1.807, 2.05) is 0 Å². The Hall–Kier alpha value is -2.07. The van der Waals surface area contributed by atoms with Gasteiger partial charge in [-0.2, -0.15) is 0 Å². The molecule has 2 rings (SSSR count). The lowest BCUT2D eigenvalue weighted by atomic mass is 10.1. The molecule has 1 aromatic heterocycles. The van der Waals surface area contributed by atoms with Gasteiger partial charge >= 0.3 is 0 Å². The Morgan fingerprint density at radius 1 is 1.33 bits per heavy atom. The molecule has 0 radical (unpaired) electrons. The number of hydrogen-bond acceptors (Lipinski definition) is 3. The molecule has 0 bridgehead atoms. The number of pyridine rings is 1. The molecule has 2 N–H and O–H groups in total. The Labute approximate surface area is 109 Å². The second-order valence-corrected chi connectivity index (χ2v) is 4.25. The van der Waals surface area contributed by atoms with Crippen molar-refractivity contribution in [1.29, 1.82) is 0 Å². The van der Waals surface area contributed by atoms with Crippen LogP contribution >= 0.6 is 11.6 Å². The fourth-order valence-electron chi connectivity index (χ4n) is 1.39. The molecular weight excluding hydrogens is 252 g/mol. The predicted molar refractivity (Wildman–Crippen MR) is 70.0 cm³/mol. The van der Waals surface area contributed by atoms with E-state index in [0.717, 1.165) is 5.56 Å². The quantitative estimate of drug-likeness (QED) is 0.875. The smallest absolute Gasteiger partial charge is 0.256 e. The van der Waals surface area contributed by atoms with Crippen LogP contribution in [0.1, 0.15) is 15.9 Å². The first-order chi connectivity index (χ1) is 8.56. The number of anilines is 1. The van der Waals surface area contributed by atoms with Gasteiger partial charge in [-0.05, 0) is 36.8 Å². The first-order valence-electron chi connectivity index (χ1n) is 5.29. The Morgan fingerprint density at radius 2 is 2.11 bits per heavy atom. The number of amides is 1. The Kier molecular flexibility index (Phi) is 3.48. The first-order valence-corrected chi connectivity index (χ1v) is 5.66. The molecule has 0 aliphatic rings. The second-order valence-electron chi connectivity index (χ2n) is 3.82. The van der Waals surface area contributed by atoms with Crippen LogP contribution in [0.2, 0.25) is 5.02 Å². The topological polar surface area (TPSA) is 62.2 Å². The third-order valence-electron chi connectivity index (χ3n) is 2.44. The molecule has 1 amide bonds. The van der Waals surface area contributed by atoms with E-state index in [4.69, 9.17) is 11.6 Å². The van der Waals surface area contributed by atoms with Gasteiger partial charge in [0.05, 0.1) is 5.02 Å². The molecule has 0 fully saturated rings. The molecular formula is C13H11ClN2O2. The van der Waals surface area contributed by atoms with Crippen LogP contribution in [0.3, 0.4) is 0 Å². The number of aromatic nitrogens is 1. The molecule has 1 heterocycles. The average Bonchev–Trinajstić information content (AvgIpc) is 2.35. The number of aryl methyl sites for hydroxylation is 1. The maximum atomic E-state index is 11.9. The highest BCUT2D eigenvalue weighted by Gasteiger charge is 2.08. The van der Waals surface area contributed by atoms with Crippen molar-refractivity contribution >= 4 is 23.3 Å². The number of nitrogens with zero attached hydrogens (tertiary/aromatic N) is 1. The summed E-state index contributed by atoms with van der Waals surface area (Å²) in [5.41, 5.74) is 1.09. The lowest BCUT2D eigenvalue weighted by Crippen LogP contribution is -2.12. The molecule has 4 nitrogen and oxygen atoms in total. The number of nitrogens with one attached hydrogen (secondary N) is 1. The number of halogens is 1. The standard InChI is InChI=1S/C13H11ClN2O2/c1-8-2-3-9(6-11(8)17)13(18)16-12-5-4-10(14)7-15-12/h2-7,17H,1H3,(H,15,16,18). The maximum Gasteiger partial charge on any atom is 0.256 e. The van der Waals surface area contributed by atoms with E-state index in [9.17, 15) is 9.90 Å². The number of rotatable bonds is 2. The normalized spacial score (nSPS) is 10.1. The summed E-state index contributed by atoms with van der Waals surface area (Å²) in [4.78, 5) is 15.8. The van der Waals surface area contributed by atoms with Gasteiger partial charge in [-0.15, -0.1) is 0 Å². The zero-order chi connectivity index (χ0) is 13.1. The number of phenols is 1. The van der Waals surface area contributed by atoms with E-state index < -0.39 is 0 Å². The molecule has 0 saturated carbocycles. The Bertz CT molecular complexity index is 582. The van der Waals surface area contributed by atoms with Crippen LogP contribution in [0.4, 0.5) is 5.82 Å². The third-order valence-corrected chi connectivity index (χ3v) is 2.66. The molecule has 0 saturated heterocycles. The maximum absolute atomic E-state index is 11.9. The van der Waals surface area contributed by atoms with Gasteiger partial charge < -0.3 is 10.4 Å². The number of aromatic hydroxyl groups is 1. The van der Waals surface area contributed by atoms with Gasteiger partial charge in [0.25, 0.3) is 5.91 Å². The molecule has 2 aromatic rings. The van der Waals surface area contributed by atoms with Crippen LogP contribution in [0.5, 0.6) is 5.75 Å². The van der Waals surface area contributed by atoms with Gasteiger partial charge in [0.15, 0.2) is 0 Å². The van der Waals surface area contributed by atoms with E-state index in [1.54, 1.807) is 31.2 Å². The van der Waals surface area contributed by atoms with Crippen molar-refractivity contribution in [3.63, 3.8) is 0 Å². The van der Waals surface area contributed by atoms with E-state index in [1.165, 1.54) is 12.3 Å². The minimum absolute atomic E-state index is 0.0896. The number of benzene rings is 1. The van der Waals surface area contributed by atoms with Crippen molar-refractivity contribution in [3.8, 4) is 5.75 Å². The summed E-state index contributed by atoms with van der Waals surface area (Å²) in [6.45, 7) is 1.76. The third kappa shape index (κ3) is 2.78. The summed E-state index contributed by atoms with van der Waals surface area (Å²) in [7, 11) is 0. The van der Waals surface area contributed by atoms with Crippen molar-refractivity contribution in [2.24, 2.45) is 0 Å². The zero-order valence-electron chi connectivity index (χ0n) is 9.64. The largest absolute Gasteiger partial charge is 0.508 e. The van der Waals surface area contributed by atoms with Gasteiger partial charge in [0.2, 0.25) is 0 Å². The van der Waals surface area contributed by atoms with Crippen molar-refractivity contribution in [1.82, 2.24) is 4.98 Å².